The molecule has 0 saturated carbocycles. The van der Waals surface area contributed by atoms with Crippen molar-refractivity contribution in [2.75, 3.05) is 19.7 Å². The summed E-state index contributed by atoms with van der Waals surface area (Å²) in [5.41, 5.74) is 0. The molecule has 14 heavy (non-hydrogen) atoms. The zero-order chi connectivity index (χ0) is 10.4. The lowest BCUT2D eigenvalue weighted by Crippen LogP contribution is -2.20. The maximum Gasteiger partial charge on any atom is 0.139 e. The summed E-state index contributed by atoms with van der Waals surface area (Å²) in [6.45, 7) is 4.38. The minimum atomic E-state index is 0.589. The molecule has 0 aliphatic carbocycles. The van der Waals surface area contributed by atoms with Crippen LogP contribution in [-0.2, 0) is 0 Å². The minimum Gasteiger partial charge on any atom is -0.491 e. The average Bonchev–Trinajstić information content (AvgIpc) is 2.18. The molecule has 0 radical (unpaired) electrons. The maximum atomic E-state index is 5.90. The third kappa shape index (κ3) is 3.74. The summed E-state index contributed by atoms with van der Waals surface area (Å²) in [4.78, 5) is 0. The highest BCUT2D eigenvalue weighted by Gasteiger charge is 2.01. The zero-order valence-electron chi connectivity index (χ0n) is 8.02. The Bertz CT molecular complexity index is 291. The van der Waals surface area contributed by atoms with Crippen LogP contribution in [0.2, 0.25) is 10.0 Å². The molecule has 0 heterocycles. The molecule has 0 aliphatic heterocycles. The summed E-state index contributed by atoms with van der Waals surface area (Å²) >= 11 is 11.7. The number of nitrogens with one attached hydrogen (secondary N) is 1. The first kappa shape index (κ1) is 11.6. The van der Waals surface area contributed by atoms with E-state index in [1.54, 1.807) is 18.2 Å². The van der Waals surface area contributed by atoms with Gasteiger partial charge in [0.15, 0.2) is 0 Å². The van der Waals surface area contributed by atoms with Crippen molar-refractivity contribution < 1.29 is 4.74 Å². The van der Waals surface area contributed by atoms with E-state index in [9.17, 15) is 0 Å². The Morgan fingerprint density at radius 2 is 2.14 bits per heavy atom. The molecule has 2 nitrogen and oxygen atoms in total. The van der Waals surface area contributed by atoms with Gasteiger partial charge in [-0.05, 0) is 18.7 Å². The van der Waals surface area contributed by atoms with Crippen LogP contribution in [0.4, 0.5) is 0 Å². The molecular formula is C10H13Cl2NO. The molecule has 1 rings (SSSR count). The van der Waals surface area contributed by atoms with Gasteiger partial charge in [-0.3, -0.25) is 0 Å². The third-order valence-corrected chi connectivity index (χ3v) is 2.23. The Labute approximate surface area is 94.2 Å². The molecule has 0 unspecified atom stereocenters. The van der Waals surface area contributed by atoms with Crippen molar-refractivity contribution in [2.24, 2.45) is 0 Å². The highest BCUT2D eigenvalue weighted by molar-refractivity contribution is 6.34. The van der Waals surface area contributed by atoms with E-state index in [1.165, 1.54) is 0 Å². The lowest BCUT2D eigenvalue weighted by molar-refractivity contribution is 0.315. The van der Waals surface area contributed by atoms with Crippen LogP contribution in [0.1, 0.15) is 6.92 Å². The Morgan fingerprint density at radius 1 is 1.36 bits per heavy atom. The van der Waals surface area contributed by atoms with Crippen molar-refractivity contribution >= 4 is 23.2 Å². The Balaban J connectivity index is 2.45. The Morgan fingerprint density at radius 3 is 2.86 bits per heavy atom. The topological polar surface area (TPSA) is 21.3 Å². The second-order valence-corrected chi connectivity index (χ2v) is 3.62. The van der Waals surface area contributed by atoms with Crippen LogP contribution in [0.25, 0.3) is 0 Å². The average molecular weight is 234 g/mol. The van der Waals surface area contributed by atoms with Gasteiger partial charge in [-0.1, -0.05) is 30.1 Å². The van der Waals surface area contributed by atoms with E-state index in [1.807, 2.05) is 6.92 Å². The van der Waals surface area contributed by atoms with Crippen LogP contribution in [0.5, 0.6) is 5.75 Å². The van der Waals surface area contributed by atoms with E-state index in [4.69, 9.17) is 27.9 Å². The highest BCUT2D eigenvalue weighted by Crippen LogP contribution is 2.27. The zero-order valence-corrected chi connectivity index (χ0v) is 9.53. The predicted octanol–water partition coefficient (Wildman–Crippen LogP) is 2.98. The first-order chi connectivity index (χ1) is 6.74. The highest BCUT2D eigenvalue weighted by atomic mass is 35.5. The molecule has 0 saturated heterocycles. The molecule has 0 aliphatic rings. The summed E-state index contributed by atoms with van der Waals surface area (Å²) in [5, 5.41) is 4.37. The van der Waals surface area contributed by atoms with Gasteiger partial charge >= 0.3 is 0 Å². The molecule has 1 aromatic carbocycles. The lowest BCUT2D eigenvalue weighted by Gasteiger charge is -2.08. The molecule has 0 fully saturated rings. The summed E-state index contributed by atoms with van der Waals surface area (Å²) in [7, 11) is 0. The number of benzene rings is 1. The van der Waals surface area contributed by atoms with E-state index in [2.05, 4.69) is 5.32 Å². The van der Waals surface area contributed by atoms with Gasteiger partial charge in [0.1, 0.15) is 12.4 Å². The molecule has 1 aromatic rings. The molecular weight excluding hydrogens is 221 g/mol. The largest absolute Gasteiger partial charge is 0.491 e. The number of rotatable bonds is 5. The maximum absolute atomic E-state index is 5.90. The first-order valence-corrected chi connectivity index (χ1v) is 5.28. The normalized spacial score (nSPS) is 10.2. The molecule has 78 valence electrons. The van der Waals surface area contributed by atoms with Crippen molar-refractivity contribution in [3.05, 3.63) is 28.2 Å². The van der Waals surface area contributed by atoms with Crippen molar-refractivity contribution in [1.29, 1.82) is 0 Å². The third-order valence-electron chi connectivity index (χ3n) is 1.68. The van der Waals surface area contributed by atoms with Gasteiger partial charge < -0.3 is 10.1 Å². The smallest absolute Gasteiger partial charge is 0.139 e. The van der Waals surface area contributed by atoms with Gasteiger partial charge in [0, 0.05) is 17.6 Å². The van der Waals surface area contributed by atoms with E-state index >= 15 is 0 Å². The summed E-state index contributed by atoms with van der Waals surface area (Å²) in [6.07, 6.45) is 0. The summed E-state index contributed by atoms with van der Waals surface area (Å²) < 4.78 is 5.44. The minimum absolute atomic E-state index is 0.589. The van der Waals surface area contributed by atoms with Gasteiger partial charge in [0.25, 0.3) is 0 Å². The number of hydrogen-bond donors (Lipinski definition) is 1. The fourth-order valence-corrected chi connectivity index (χ4v) is 1.33. The van der Waals surface area contributed by atoms with Crippen molar-refractivity contribution in [2.45, 2.75) is 6.92 Å². The lowest BCUT2D eigenvalue weighted by atomic mass is 10.3. The van der Waals surface area contributed by atoms with Crippen molar-refractivity contribution in [1.82, 2.24) is 5.32 Å². The molecule has 0 amide bonds. The van der Waals surface area contributed by atoms with Crippen molar-refractivity contribution in [3.63, 3.8) is 0 Å². The van der Waals surface area contributed by atoms with Crippen LogP contribution in [0.3, 0.4) is 0 Å². The quantitative estimate of drug-likeness (QED) is 0.791. The Kier molecular flexibility index (Phi) is 5.09. The molecule has 0 aromatic heterocycles. The summed E-state index contributed by atoms with van der Waals surface area (Å²) in [6, 6.07) is 5.18. The number of halogens is 2. The fraction of sp³-hybridized carbons (Fsp3) is 0.400. The van der Waals surface area contributed by atoms with Crippen LogP contribution in [0.15, 0.2) is 18.2 Å². The number of likely N-dealkylation sites (N-methyl/N-ethyl adjacent to an activating group) is 1. The van der Waals surface area contributed by atoms with E-state index in [0.717, 1.165) is 13.1 Å². The molecule has 4 heteroatoms. The molecule has 1 N–H and O–H groups in total. The molecule has 0 atom stereocenters. The second-order valence-electron chi connectivity index (χ2n) is 2.78. The van der Waals surface area contributed by atoms with E-state index in [0.29, 0.717) is 22.4 Å². The standard InChI is InChI=1S/C10H13Cl2NO/c1-2-13-5-6-14-10-7-8(11)3-4-9(10)12/h3-4,7,13H,2,5-6H2,1H3. The van der Waals surface area contributed by atoms with Crippen molar-refractivity contribution in [3.8, 4) is 5.75 Å². The first-order valence-electron chi connectivity index (χ1n) is 4.52. The number of ether oxygens (including phenoxy) is 1. The van der Waals surface area contributed by atoms with Crippen LogP contribution < -0.4 is 10.1 Å². The fourth-order valence-electron chi connectivity index (χ4n) is 0.998. The van der Waals surface area contributed by atoms with Gasteiger partial charge in [-0.2, -0.15) is 0 Å². The Hall–Kier alpha value is -0.440. The molecule has 0 bridgehead atoms. The van der Waals surface area contributed by atoms with Gasteiger partial charge in [0.2, 0.25) is 0 Å². The molecule has 0 spiro atoms. The van der Waals surface area contributed by atoms with Crippen LogP contribution in [0, 0.1) is 0 Å². The second kappa shape index (κ2) is 6.12. The summed E-state index contributed by atoms with van der Waals surface area (Å²) in [5.74, 6) is 0.636. The van der Waals surface area contributed by atoms with E-state index < -0.39 is 0 Å². The van der Waals surface area contributed by atoms with Gasteiger partial charge in [-0.25, -0.2) is 0 Å². The predicted molar refractivity (Wildman–Crippen MR) is 60.5 cm³/mol. The SMILES string of the molecule is CCNCCOc1cc(Cl)ccc1Cl. The monoisotopic (exact) mass is 233 g/mol. The van der Waals surface area contributed by atoms with Crippen LogP contribution in [-0.4, -0.2) is 19.7 Å². The van der Waals surface area contributed by atoms with Crippen LogP contribution >= 0.6 is 23.2 Å². The van der Waals surface area contributed by atoms with Gasteiger partial charge in [-0.15, -0.1) is 0 Å². The van der Waals surface area contributed by atoms with E-state index in [-0.39, 0.29) is 0 Å². The number of hydrogen-bond acceptors (Lipinski definition) is 2. The van der Waals surface area contributed by atoms with Gasteiger partial charge in [0.05, 0.1) is 5.02 Å².